The summed E-state index contributed by atoms with van der Waals surface area (Å²) >= 11 is 0. The number of nitrogens with zero attached hydrogens (tertiary/aromatic N) is 2. The highest BCUT2D eigenvalue weighted by Crippen LogP contribution is 1.97. The molecule has 0 radical (unpaired) electrons. The standard InChI is InChI=1S/C13H21N3O3/c1-11(17)10-19-8-7-18-6-5-12-3-4-13(9-14-2)16-15-12/h3-4,14H,5-10H2,1-2H3. The van der Waals surface area contributed by atoms with E-state index in [1.54, 1.807) is 0 Å². The van der Waals surface area contributed by atoms with Gasteiger partial charge in [-0.3, -0.25) is 4.79 Å². The highest BCUT2D eigenvalue weighted by Gasteiger charge is 1.98. The summed E-state index contributed by atoms with van der Waals surface area (Å²) in [6, 6.07) is 3.91. The lowest BCUT2D eigenvalue weighted by Crippen LogP contribution is -2.11. The van der Waals surface area contributed by atoms with E-state index < -0.39 is 0 Å². The fourth-order valence-corrected chi connectivity index (χ4v) is 1.41. The molecule has 0 amide bonds. The van der Waals surface area contributed by atoms with Gasteiger partial charge in [0.25, 0.3) is 0 Å². The first-order chi connectivity index (χ1) is 9.22. The van der Waals surface area contributed by atoms with Crippen molar-refractivity contribution in [1.29, 1.82) is 0 Å². The Morgan fingerprint density at radius 3 is 2.47 bits per heavy atom. The third-order valence-electron chi connectivity index (χ3n) is 2.31. The van der Waals surface area contributed by atoms with Gasteiger partial charge in [0.1, 0.15) is 6.61 Å². The minimum atomic E-state index is 0.0249. The second-order valence-corrected chi connectivity index (χ2v) is 4.16. The van der Waals surface area contributed by atoms with Crippen molar-refractivity contribution in [2.75, 3.05) is 33.5 Å². The smallest absolute Gasteiger partial charge is 0.155 e. The van der Waals surface area contributed by atoms with Crippen LogP contribution in [-0.2, 0) is 27.2 Å². The highest BCUT2D eigenvalue weighted by atomic mass is 16.5. The topological polar surface area (TPSA) is 73.3 Å². The van der Waals surface area contributed by atoms with Crippen molar-refractivity contribution in [2.45, 2.75) is 19.9 Å². The number of hydrogen-bond acceptors (Lipinski definition) is 6. The monoisotopic (exact) mass is 267 g/mol. The quantitative estimate of drug-likeness (QED) is 0.617. The van der Waals surface area contributed by atoms with Gasteiger partial charge in [-0.25, -0.2) is 0 Å². The van der Waals surface area contributed by atoms with E-state index in [0.717, 1.165) is 24.4 Å². The molecular formula is C13H21N3O3. The summed E-state index contributed by atoms with van der Waals surface area (Å²) in [7, 11) is 1.87. The third-order valence-corrected chi connectivity index (χ3v) is 2.31. The highest BCUT2D eigenvalue weighted by molar-refractivity contribution is 5.76. The predicted molar refractivity (Wildman–Crippen MR) is 70.8 cm³/mol. The molecular weight excluding hydrogens is 246 g/mol. The Morgan fingerprint density at radius 2 is 1.84 bits per heavy atom. The number of Topliss-reactive ketones (excluding diaryl/α,β-unsaturated/α-hetero) is 1. The second kappa shape index (κ2) is 9.55. The number of ether oxygens (including phenoxy) is 2. The van der Waals surface area contributed by atoms with Crippen molar-refractivity contribution in [2.24, 2.45) is 0 Å². The van der Waals surface area contributed by atoms with Crippen molar-refractivity contribution in [1.82, 2.24) is 15.5 Å². The predicted octanol–water partition coefficient (Wildman–Crippen LogP) is 0.361. The lowest BCUT2D eigenvalue weighted by atomic mass is 10.3. The van der Waals surface area contributed by atoms with Crippen LogP contribution < -0.4 is 5.32 Å². The maximum Gasteiger partial charge on any atom is 0.155 e. The number of rotatable bonds is 10. The molecule has 19 heavy (non-hydrogen) atoms. The Bertz CT molecular complexity index is 368. The number of nitrogens with one attached hydrogen (secondary N) is 1. The first kappa shape index (κ1) is 15.7. The lowest BCUT2D eigenvalue weighted by Gasteiger charge is -2.04. The average molecular weight is 267 g/mol. The maximum atomic E-state index is 10.6. The SMILES string of the molecule is CNCc1ccc(CCOCCOCC(C)=O)nn1. The van der Waals surface area contributed by atoms with E-state index in [2.05, 4.69) is 15.5 Å². The van der Waals surface area contributed by atoms with Crippen LogP contribution in [0.4, 0.5) is 0 Å². The molecule has 6 heteroatoms. The first-order valence-electron chi connectivity index (χ1n) is 6.33. The molecule has 0 aliphatic carbocycles. The zero-order chi connectivity index (χ0) is 13.9. The fourth-order valence-electron chi connectivity index (χ4n) is 1.41. The minimum Gasteiger partial charge on any atom is -0.379 e. The van der Waals surface area contributed by atoms with Crippen LogP contribution in [0.25, 0.3) is 0 Å². The molecule has 0 unspecified atom stereocenters. The zero-order valence-electron chi connectivity index (χ0n) is 11.5. The normalized spacial score (nSPS) is 10.6. The summed E-state index contributed by atoms with van der Waals surface area (Å²) < 4.78 is 10.5. The van der Waals surface area contributed by atoms with Crippen molar-refractivity contribution in [3.8, 4) is 0 Å². The Labute approximate surface area is 113 Å². The molecule has 0 fully saturated rings. The summed E-state index contributed by atoms with van der Waals surface area (Å²) in [5.41, 5.74) is 1.83. The third kappa shape index (κ3) is 7.61. The molecule has 1 aromatic heterocycles. The van der Waals surface area contributed by atoms with E-state index >= 15 is 0 Å². The summed E-state index contributed by atoms with van der Waals surface area (Å²) in [6.45, 7) is 3.87. The van der Waals surface area contributed by atoms with Crippen LogP contribution in [0, 0.1) is 0 Å². The van der Waals surface area contributed by atoms with Gasteiger partial charge in [-0.2, -0.15) is 10.2 Å². The van der Waals surface area contributed by atoms with E-state index in [1.807, 2.05) is 19.2 Å². The van der Waals surface area contributed by atoms with Crippen molar-refractivity contribution in [3.63, 3.8) is 0 Å². The number of hydrogen-bond donors (Lipinski definition) is 1. The second-order valence-electron chi connectivity index (χ2n) is 4.16. The largest absolute Gasteiger partial charge is 0.379 e. The van der Waals surface area contributed by atoms with Gasteiger partial charge < -0.3 is 14.8 Å². The van der Waals surface area contributed by atoms with Crippen molar-refractivity contribution in [3.05, 3.63) is 23.5 Å². The van der Waals surface area contributed by atoms with Crippen LogP contribution >= 0.6 is 0 Å². The van der Waals surface area contributed by atoms with Gasteiger partial charge >= 0.3 is 0 Å². The van der Waals surface area contributed by atoms with Crippen LogP contribution in [0.3, 0.4) is 0 Å². The molecule has 1 rings (SSSR count). The maximum absolute atomic E-state index is 10.6. The molecule has 0 spiro atoms. The molecule has 0 aromatic carbocycles. The molecule has 0 atom stereocenters. The van der Waals surface area contributed by atoms with Gasteiger partial charge in [-0.05, 0) is 26.1 Å². The van der Waals surface area contributed by atoms with Gasteiger partial charge in [-0.1, -0.05) is 0 Å². The molecule has 106 valence electrons. The van der Waals surface area contributed by atoms with Gasteiger partial charge in [0.15, 0.2) is 5.78 Å². The van der Waals surface area contributed by atoms with Gasteiger partial charge in [0, 0.05) is 13.0 Å². The lowest BCUT2D eigenvalue weighted by molar-refractivity contribution is -0.121. The van der Waals surface area contributed by atoms with Crippen LogP contribution in [0.5, 0.6) is 0 Å². The van der Waals surface area contributed by atoms with Crippen LogP contribution in [-0.4, -0.2) is 49.5 Å². The van der Waals surface area contributed by atoms with E-state index in [-0.39, 0.29) is 12.4 Å². The number of ketones is 1. The van der Waals surface area contributed by atoms with Crippen molar-refractivity contribution < 1.29 is 14.3 Å². The summed E-state index contributed by atoms with van der Waals surface area (Å²) in [5.74, 6) is 0.0249. The zero-order valence-corrected chi connectivity index (χ0v) is 11.5. The average Bonchev–Trinajstić information content (AvgIpc) is 2.39. The van der Waals surface area contributed by atoms with E-state index in [1.165, 1.54) is 6.92 Å². The molecule has 1 N–H and O–H groups in total. The number of carbonyl (C=O) groups is 1. The van der Waals surface area contributed by atoms with Crippen LogP contribution in [0.15, 0.2) is 12.1 Å². The summed E-state index contributed by atoms with van der Waals surface area (Å²) in [6.07, 6.45) is 0.722. The number of aromatic nitrogens is 2. The van der Waals surface area contributed by atoms with Crippen LogP contribution in [0.2, 0.25) is 0 Å². The number of carbonyl (C=O) groups excluding carboxylic acids is 1. The van der Waals surface area contributed by atoms with E-state index in [4.69, 9.17) is 9.47 Å². The molecule has 0 saturated carbocycles. The Morgan fingerprint density at radius 1 is 1.16 bits per heavy atom. The molecule has 0 saturated heterocycles. The molecule has 0 aliphatic rings. The van der Waals surface area contributed by atoms with Crippen molar-refractivity contribution >= 4 is 5.78 Å². The molecule has 1 aromatic rings. The minimum absolute atomic E-state index is 0.0249. The Hall–Kier alpha value is -1.37. The Kier molecular flexibility index (Phi) is 7.88. The summed E-state index contributed by atoms with van der Waals surface area (Å²) in [4.78, 5) is 10.6. The first-order valence-corrected chi connectivity index (χ1v) is 6.33. The summed E-state index contributed by atoms with van der Waals surface area (Å²) in [5, 5.41) is 11.2. The molecule has 6 nitrogen and oxygen atoms in total. The van der Waals surface area contributed by atoms with Gasteiger partial charge in [0.05, 0.1) is 31.2 Å². The fraction of sp³-hybridized carbons (Fsp3) is 0.615. The van der Waals surface area contributed by atoms with Crippen LogP contribution in [0.1, 0.15) is 18.3 Å². The molecule has 0 aliphatic heterocycles. The molecule has 0 bridgehead atoms. The van der Waals surface area contributed by atoms with E-state index in [9.17, 15) is 4.79 Å². The van der Waals surface area contributed by atoms with Gasteiger partial charge in [0.2, 0.25) is 0 Å². The molecule has 1 heterocycles. The van der Waals surface area contributed by atoms with Gasteiger partial charge in [-0.15, -0.1) is 0 Å². The Balaban J connectivity index is 2.07. The van der Waals surface area contributed by atoms with E-state index in [0.29, 0.717) is 19.8 Å².